The van der Waals surface area contributed by atoms with Gasteiger partial charge in [-0.2, -0.15) is 0 Å². The first-order chi connectivity index (χ1) is 10.0. The highest BCUT2D eigenvalue weighted by Gasteiger charge is 2.16. The Hall–Kier alpha value is -1.52. The largest absolute Gasteiger partial charge is 0.508 e. The van der Waals surface area contributed by atoms with Gasteiger partial charge in [0, 0.05) is 22.1 Å². The Morgan fingerprint density at radius 3 is 2.38 bits per heavy atom. The third-order valence-electron chi connectivity index (χ3n) is 3.61. The molecule has 0 spiro atoms. The van der Waals surface area contributed by atoms with E-state index in [1.807, 2.05) is 19.1 Å². The van der Waals surface area contributed by atoms with Crippen molar-refractivity contribution in [2.24, 2.45) is 0 Å². The van der Waals surface area contributed by atoms with Crippen molar-refractivity contribution in [1.82, 2.24) is 5.32 Å². The molecule has 0 bridgehead atoms. The lowest BCUT2D eigenvalue weighted by atomic mass is 10.0. The number of rotatable bonds is 5. The summed E-state index contributed by atoms with van der Waals surface area (Å²) < 4.78 is 1.06. The van der Waals surface area contributed by atoms with Crippen LogP contribution in [-0.2, 0) is 0 Å². The molecule has 0 amide bonds. The summed E-state index contributed by atoms with van der Waals surface area (Å²) >= 11 is 3.44. The topological polar surface area (TPSA) is 52.5 Å². The molecule has 112 valence electrons. The molecular weight excluding hydrogens is 330 g/mol. The summed E-state index contributed by atoms with van der Waals surface area (Å²) in [6.45, 7) is 4.10. The van der Waals surface area contributed by atoms with E-state index < -0.39 is 0 Å². The first-order valence-corrected chi connectivity index (χ1v) is 7.84. The van der Waals surface area contributed by atoms with E-state index in [4.69, 9.17) is 0 Å². The average molecular weight is 350 g/mol. The number of phenolic OH excluding ortho intramolecular Hbond substituents is 2. The van der Waals surface area contributed by atoms with Crippen LogP contribution in [0.1, 0.15) is 43.5 Å². The number of hydrogen-bond acceptors (Lipinski definition) is 3. The van der Waals surface area contributed by atoms with Crippen LogP contribution in [0.25, 0.3) is 0 Å². The van der Waals surface area contributed by atoms with Gasteiger partial charge in [-0.25, -0.2) is 0 Å². The van der Waals surface area contributed by atoms with E-state index in [0.29, 0.717) is 5.56 Å². The van der Waals surface area contributed by atoms with Crippen molar-refractivity contribution < 1.29 is 10.2 Å². The molecule has 0 aliphatic rings. The SMILES string of the molecule is CCC(NC(C)c1cc(O)ccc1O)c1ccc(Br)cc1. The van der Waals surface area contributed by atoms with Crippen LogP contribution in [0.15, 0.2) is 46.9 Å². The predicted octanol–water partition coefficient (Wildman–Crippen LogP) is 4.66. The Bertz CT molecular complexity index is 598. The molecule has 2 aromatic carbocycles. The third-order valence-corrected chi connectivity index (χ3v) is 4.14. The molecule has 21 heavy (non-hydrogen) atoms. The van der Waals surface area contributed by atoms with Gasteiger partial charge in [0.2, 0.25) is 0 Å². The van der Waals surface area contributed by atoms with Crippen molar-refractivity contribution in [3.63, 3.8) is 0 Å². The second-order valence-corrected chi connectivity index (χ2v) is 6.06. The molecule has 0 heterocycles. The summed E-state index contributed by atoms with van der Waals surface area (Å²) in [7, 11) is 0. The first-order valence-electron chi connectivity index (χ1n) is 7.04. The van der Waals surface area contributed by atoms with Gasteiger partial charge in [-0.3, -0.25) is 0 Å². The van der Waals surface area contributed by atoms with E-state index in [1.165, 1.54) is 17.7 Å². The molecule has 4 heteroatoms. The highest BCUT2D eigenvalue weighted by atomic mass is 79.9. The van der Waals surface area contributed by atoms with Crippen LogP contribution in [0.5, 0.6) is 11.5 Å². The molecule has 0 aliphatic carbocycles. The van der Waals surface area contributed by atoms with Gasteiger partial charge in [-0.1, -0.05) is 35.0 Å². The third kappa shape index (κ3) is 3.99. The Morgan fingerprint density at radius 1 is 1.10 bits per heavy atom. The van der Waals surface area contributed by atoms with Crippen molar-refractivity contribution in [2.75, 3.05) is 0 Å². The van der Waals surface area contributed by atoms with Crippen LogP contribution in [0, 0.1) is 0 Å². The maximum atomic E-state index is 9.94. The lowest BCUT2D eigenvalue weighted by molar-refractivity contribution is 0.417. The Morgan fingerprint density at radius 2 is 1.76 bits per heavy atom. The zero-order valence-electron chi connectivity index (χ0n) is 12.2. The van der Waals surface area contributed by atoms with Gasteiger partial charge in [0.1, 0.15) is 11.5 Å². The molecule has 0 saturated heterocycles. The normalized spacial score (nSPS) is 13.9. The Balaban J connectivity index is 2.17. The molecule has 2 unspecified atom stereocenters. The fraction of sp³-hybridized carbons (Fsp3) is 0.294. The second kappa shape index (κ2) is 6.96. The van der Waals surface area contributed by atoms with Crippen molar-refractivity contribution in [2.45, 2.75) is 32.4 Å². The van der Waals surface area contributed by atoms with Crippen LogP contribution in [0.2, 0.25) is 0 Å². The number of aromatic hydroxyl groups is 2. The highest BCUT2D eigenvalue weighted by Crippen LogP contribution is 2.30. The minimum Gasteiger partial charge on any atom is -0.508 e. The average Bonchev–Trinajstić information content (AvgIpc) is 2.48. The van der Waals surface area contributed by atoms with E-state index in [-0.39, 0.29) is 23.6 Å². The number of benzene rings is 2. The summed E-state index contributed by atoms with van der Waals surface area (Å²) in [5.74, 6) is 0.353. The summed E-state index contributed by atoms with van der Waals surface area (Å²) in [6.07, 6.45) is 0.936. The smallest absolute Gasteiger partial charge is 0.120 e. The second-order valence-electron chi connectivity index (χ2n) is 5.14. The standard InChI is InChI=1S/C17H20BrNO2/c1-3-16(12-4-6-13(18)7-5-12)19-11(2)15-10-14(20)8-9-17(15)21/h4-11,16,19-21H,3H2,1-2H3. The maximum Gasteiger partial charge on any atom is 0.120 e. The van der Waals surface area contributed by atoms with Crippen LogP contribution >= 0.6 is 15.9 Å². The molecule has 2 atom stereocenters. The molecule has 0 aromatic heterocycles. The number of hydrogen-bond donors (Lipinski definition) is 3. The van der Waals surface area contributed by atoms with E-state index in [1.54, 1.807) is 6.07 Å². The van der Waals surface area contributed by atoms with Gasteiger partial charge in [-0.05, 0) is 49.2 Å². The van der Waals surface area contributed by atoms with Gasteiger partial charge < -0.3 is 15.5 Å². The molecule has 0 saturated carbocycles. The van der Waals surface area contributed by atoms with E-state index in [2.05, 4.69) is 40.3 Å². The van der Waals surface area contributed by atoms with Crippen LogP contribution in [-0.4, -0.2) is 10.2 Å². The predicted molar refractivity (Wildman–Crippen MR) is 88.5 cm³/mol. The van der Waals surface area contributed by atoms with Crippen molar-refractivity contribution in [3.05, 3.63) is 58.1 Å². The molecule has 2 rings (SSSR count). The molecular formula is C17H20BrNO2. The van der Waals surface area contributed by atoms with Gasteiger partial charge in [0.15, 0.2) is 0 Å². The monoisotopic (exact) mass is 349 g/mol. The lowest BCUT2D eigenvalue weighted by Crippen LogP contribution is -2.24. The fourth-order valence-corrected chi connectivity index (χ4v) is 2.69. The van der Waals surface area contributed by atoms with E-state index in [0.717, 1.165) is 10.9 Å². The van der Waals surface area contributed by atoms with Crippen molar-refractivity contribution in [3.8, 4) is 11.5 Å². The quantitative estimate of drug-likeness (QED) is 0.688. The highest BCUT2D eigenvalue weighted by molar-refractivity contribution is 9.10. The first kappa shape index (κ1) is 15.9. The van der Waals surface area contributed by atoms with Gasteiger partial charge >= 0.3 is 0 Å². The van der Waals surface area contributed by atoms with Gasteiger partial charge in [0.25, 0.3) is 0 Å². The van der Waals surface area contributed by atoms with Crippen molar-refractivity contribution in [1.29, 1.82) is 0 Å². The minimum atomic E-state index is -0.0642. The maximum absolute atomic E-state index is 9.94. The zero-order valence-corrected chi connectivity index (χ0v) is 13.8. The van der Waals surface area contributed by atoms with Crippen molar-refractivity contribution >= 4 is 15.9 Å². The van der Waals surface area contributed by atoms with Gasteiger partial charge in [-0.15, -0.1) is 0 Å². The Kier molecular flexibility index (Phi) is 5.26. The summed E-state index contributed by atoms with van der Waals surface area (Å²) in [5.41, 5.74) is 1.90. The fourth-order valence-electron chi connectivity index (χ4n) is 2.43. The summed E-state index contributed by atoms with van der Waals surface area (Å²) in [4.78, 5) is 0. The summed E-state index contributed by atoms with van der Waals surface area (Å²) in [5, 5.41) is 23.0. The minimum absolute atomic E-state index is 0.0642. The van der Waals surface area contributed by atoms with Crippen LogP contribution < -0.4 is 5.32 Å². The van der Waals surface area contributed by atoms with Crippen LogP contribution in [0.3, 0.4) is 0 Å². The molecule has 2 aromatic rings. The van der Waals surface area contributed by atoms with Crippen LogP contribution in [0.4, 0.5) is 0 Å². The number of halogens is 1. The molecule has 3 nitrogen and oxygen atoms in total. The van der Waals surface area contributed by atoms with E-state index >= 15 is 0 Å². The molecule has 3 N–H and O–H groups in total. The van der Waals surface area contributed by atoms with Gasteiger partial charge in [0.05, 0.1) is 0 Å². The number of nitrogens with one attached hydrogen (secondary N) is 1. The zero-order chi connectivity index (χ0) is 15.4. The molecule has 0 fully saturated rings. The molecule has 0 radical (unpaired) electrons. The summed E-state index contributed by atoms with van der Waals surface area (Å²) in [6, 6.07) is 12.9. The Labute approximate surface area is 133 Å². The number of phenols is 2. The lowest BCUT2D eigenvalue weighted by Gasteiger charge is -2.24. The molecule has 0 aliphatic heterocycles. The van der Waals surface area contributed by atoms with E-state index in [9.17, 15) is 10.2 Å².